The van der Waals surface area contributed by atoms with Crippen LogP contribution in [-0.4, -0.2) is 49.2 Å². The molecule has 4 atom stereocenters. The van der Waals surface area contributed by atoms with Crippen LogP contribution in [0.2, 0.25) is 0 Å². The zero-order valence-corrected chi connectivity index (χ0v) is 13.2. The molecule has 0 amide bonds. The van der Waals surface area contributed by atoms with Gasteiger partial charge in [-0.2, -0.15) is 0 Å². The van der Waals surface area contributed by atoms with Crippen molar-refractivity contribution in [2.24, 2.45) is 16.8 Å². The van der Waals surface area contributed by atoms with E-state index < -0.39 is 0 Å². The number of guanidine groups is 1. The first-order valence-electron chi connectivity index (χ1n) is 6.99. The average molecular weight is 363 g/mol. The maximum absolute atomic E-state index is 6.01. The largest absolute Gasteiger partial charge is 0.374 e. The Labute approximate surface area is 126 Å². The van der Waals surface area contributed by atoms with Crippen LogP contribution in [0.1, 0.15) is 25.7 Å². The number of fused-ring (bicyclic) bond motifs is 5. The number of nitrogens with one attached hydrogen (secondary N) is 1. The molecule has 1 N–H and O–H groups in total. The molecule has 1 aliphatic carbocycles. The van der Waals surface area contributed by atoms with Crippen LogP contribution in [0.4, 0.5) is 0 Å². The van der Waals surface area contributed by atoms with Gasteiger partial charge in [0.25, 0.3) is 0 Å². The van der Waals surface area contributed by atoms with Crippen molar-refractivity contribution in [3.63, 3.8) is 0 Å². The van der Waals surface area contributed by atoms with Crippen LogP contribution in [0, 0.1) is 11.8 Å². The van der Waals surface area contributed by atoms with Gasteiger partial charge in [-0.15, -0.1) is 24.0 Å². The minimum absolute atomic E-state index is 0. The molecule has 0 aromatic heterocycles. The SMILES string of the molecule is CN=C(NC1CC1)N1CC2C3CCC(O3)C2C1.I. The number of hydrogen-bond acceptors (Lipinski definition) is 2. The molecule has 2 bridgehead atoms. The van der Waals surface area contributed by atoms with Crippen LogP contribution >= 0.6 is 24.0 Å². The van der Waals surface area contributed by atoms with Crippen LogP contribution in [0.5, 0.6) is 0 Å². The molecule has 5 heteroatoms. The number of hydrogen-bond donors (Lipinski definition) is 1. The van der Waals surface area contributed by atoms with E-state index in [9.17, 15) is 0 Å². The third kappa shape index (κ3) is 2.03. The number of rotatable bonds is 1. The summed E-state index contributed by atoms with van der Waals surface area (Å²) in [4.78, 5) is 6.90. The van der Waals surface area contributed by atoms with Crippen LogP contribution in [0.15, 0.2) is 4.99 Å². The van der Waals surface area contributed by atoms with Crippen LogP contribution in [0.3, 0.4) is 0 Å². The molecule has 102 valence electrons. The molecule has 0 spiro atoms. The highest BCUT2D eigenvalue weighted by molar-refractivity contribution is 14.0. The average Bonchev–Trinajstić information content (AvgIpc) is 2.81. The Kier molecular flexibility index (Phi) is 3.47. The second-order valence-corrected chi connectivity index (χ2v) is 5.99. The predicted molar refractivity (Wildman–Crippen MR) is 81.4 cm³/mol. The molecule has 0 aromatic rings. The lowest BCUT2D eigenvalue weighted by Gasteiger charge is -2.23. The van der Waals surface area contributed by atoms with Gasteiger partial charge in [0.05, 0.1) is 12.2 Å². The summed E-state index contributed by atoms with van der Waals surface area (Å²) in [5, 5.41) is 3.56. The summed E-state index contributed by atoms with van der Waals surface area (Å²) in [6, 6.07) is 0.696. The van der Waals surface area contributed by atoms with Crippen molar-refractivity contribution >= 4 is 29.9 Å². The van der Waals surface area contributed by atoms with Crippen molar-refractivity contribution in [3.05, 3.63) is 0 Å². The second-order valence-electron chi connectivity index (χ2n) is 5.99. The lowest BCUT2D eigenvalue weighted by atomic mass is 9.82. The predicted octanol–water partition coefficient (Wildman–Crippen LogP) is 1.45. The summed E-state index contributed by atoms with van der Waals surface area (Å²) < 4.78 is 6.01. The zero-order valence-electron chi connectivity index (χ0n) is 10.8. The number of nitrogens with zero attached hydrogens (tertiary/aromatic N) is 2. The van der Waals surface area contributed by atoms with Gasteiger partial charge in [-0.25, -0.2) is 0 Å². The molecular weight excluding hydrogens is 341 g/mol. The van der Waals surface area contributed by atoms with E-state index in [4.69, 9.17) is 4.74 Å². The Morgan fingerprint density at radius 3 is 2.22 bits per heavy atom. The summed E-state index contributed by atoms with van der Waals surface area (Å²) in [6.45, 7) is 2.30. The normalized spacial score (nSPS) is 41.8. The zero-order chi connectivity index (χ0) is 11.4. The first kappa shape index (κ1) is 13.0. The van der Waals surface area contributed by atoms with Crippen molar-refractivity contribution in [2.45, 2.75) is 43.9 Å². The molecule has 4 unspecified atom stereocenters. The highest BCUT2D eigenvalue weighted by Crippen LogP contribution is 2.47. The fourth-order valence-electron chi connectivity index (χ4n) is 3.84. The van der Waals surface area contributed by atoms with Crippen LogP contribution in [-0.2, 0) is 4.74 Å². The van der Waals surface area contributed by atoms with Gasteiger partial charge >= 0.3 is 0 Å². The maximum atomic E-state index is 6.01. The third-order valence-electron chi connectivity index (χ3n) is 4.87. The van der Waals surface area contributed by atoms with Crippen LogP contribution in [0.25, 0.3) is 0 Å². The molecule has 0 radical (unpaired) electrons. The monoisotopic (exact) mass is 363 g/mol. The molecule has 3 aliphatic heterocycles. The van der Waals surface area contributed by atoms with Gasteiger partial charge in [-0.3, -0.25) is 4.99 Å². The summed E-state index contributed by atoms with van der Waals surface area (Å²) in [5.74, 6) is 2.67. The fraction of sp³-hybridized carbons (Fsp3) is 0.923. The number of ether oxygens (including phenoxy) is 1. The van der Waals surface area contributed by atoms with Crippen molar-refractivity contribution in [3.8, 4) is 0 Å². The minimum Gasteiger partial charge on any atom is -0.374 e. The van der Waals surface area contributed by atoms with Crippen molar-refractivity contribution < 1.29 is 4.74 Å². The van der Waals surface area contributed by atoms with Crippen molar-refractivity contribution in [1.29, 1.82) is 0 Å². The Hall–Kier alpha value is -0.0400. The maximum Gasteiger partial charge on any atom is 0.193 e. The molecular formula is C13H22IN3O. The summed E-state index contributed by atoms with van der Waals surface area (Å²) >= 11 is 0. The van der Waals surface area contributed by atoms with Gasteiger partial charge < -0.3 is 15.0 Å². The topological polar surface area (TPSA) is 36.9 Å². The van der Waals surface area contributed by atoms with E-state index in [-0.39, 0.29) is 24.0 Å². The first-order chi connectivity index (χ1) is 8.35. The van der Waals surface area contributed by atoms with E-state index in [1.165, 1.54) is 25.7 Å². The standard InChI is InChI=1S/C13H21N3O.HI/c1-14-13(15-8-2-3-8)16-6-9-10(7-16)12-5-4-11(9)17-12;/h8-12H,2-7H2,1H3,(H,14,15);1H. The van der Waals surface area contributed by atoms with E-state index in [1.807, 2.05) is 7.05 Å². The van der Waals surface area contributed by atoms with Gasteiger partial charge in [-0.1, -0.05) is 0 Å². The Morgan fingerprint density at radius 1 is 1.11 bits per heavy atom. The fourth-order valence-corrected chi connectivity index (χ4v) is 3.84. The third-order valence-corrected chi connectivity index (χ3v) is 4.87. The van der Waals surface area contributed by atoms with Crippen molar-refractivity contribution in [1.82, 2.24) is 10.2 Å². The molecule has 4 nitrogen and oxygen atoms in total. The van der Waals surface area contributed by atoms with Crippen molar-refractivity contribution in [2.75, 3.05) is 20.1 Å². The van der Waals surface area contributed by atoms with E-state index in [2.05, 4.69) is 15.2 Å². The molecule has 4 aliphatic rings. The minimum atomic E-state index is 0. The van der Waals surface area contributed by atoms with E-state index in [1.54, 1.807) is 0 Å². The highest BCUT2D eigenvalue weighted by Gasteiger charge is 2.53. The summed E-state index contributed by atoms with van der Waals surface area (Å²) in [7, 11) is 1.91. The Balaban J connectivity index is 0.000001000. The van der Waals surface area contributed by atoms with Gasteiger partial charge in [-0.05, 0) is 25.7 Å². The molecule has 18 heavy (non-hydrogen) atoms. The summed E-state index contributed by atoms with van der Waals surface area (Å²) in [6.07, 6.45) is 6.30. The van der Waals surface area contributed by atoms with E-state index in [0.717, 1.165) is 30.9 Å². The molecule has 4 rings (SSSR count). The number of likely N-dealkylation sites (tertiary alicyclic amines) is 1. The molecule has 3 saturated heterocycles. The lowest BCUT2D eigenvalue weighted by molar-refractivity contribution is 0.0767. The molecule has 3 heterocycles. The van der Waals surface area contributed by atoms with Crippen LogP contribution < -0.4 is 5.32 Å². The van der Waals surface area contributed by atoms with Gasteiger partial charge in [0, 0.05) is 38.0 Å². The molecule has 1 saturated carbocycles. The van der Waals surface area contributed by atoms with E-state index >= 15 is 0 Å². The number of halogens is 1. The molecule has 4 fully saturated rings. The smallest absolute Gasteiger partial charge is 0.193 e. The Morgan fingerprint density at radius 2 is 1.72 bits per heavy atom. The Bertz CT molecular complexity index is 340. The second kappa shape index (κ2) is 4.81. The van der Waals surface area contributed by atoms with Gasteiger partial charge in [0.2, 0.25) is 0 Å². The highest BCUT2D eigenvalue weighted by atomic mass is 127. The van der Waals surface area contributed by atoms with Gasteiger partial charge in [0.1, 0.15) is 0 Å². The van der Waals surface area contributed by atoms with Gasteiger partial charge in [0.15, 0.2) is 5.96 Å². The quantitative estimate of drug-likeness (QED) is 0.435. The first-order valence-corrected chi connectivity index (χ1v) is 6.99. The summed E-state index contributed by atoms with van der Waals surface area (Å²) in [5.41, 5.74) is 0. The van der Waals surface area contributed by atoms with E-state index in [0.29, 0.717) is 18.2 Å². The number of aliphatic imine (C=N–C) groups is 1. The lowest BCUT2D eigenvalue weighted by Crippen LogP contribution is -2.42. The molecule has 0 aromatic carbocycles.